The van der Waals surface area contributed by atoms with E-state index in [0.717, 1.165) is 16.0 Å². The molecule has 4 rings (SSSR count). The molecule has 0 unspecified atom stereocenters. The van der Waals surface area contributed by atoms with Crippen LogP contribution in [0.15, 0.2) is 78.9 Å². The lowest BCUT2D eigenvalue weighted by Gasteiger charge is -2.19. The summed E-state index contributed by atoms with van der Waals surface area (Å²) in [5.74, 6) is -0.999. The van der Waals surface area contributed by atoms with Crippen molar-refractivity contribution in [1.29, 1.82) is 0 Å². The van der Waals surface area contributed by atoms with E-state index >= 15 is 0 Å². The maximum Gasteiger partial charge on any atom is 0.261 e. The Balaban J connectivity index is 1.55. The van der Waals surface area contributed by atoms with Crippen molar-refractivity contribution in [3.8, 4) is 0 Å². The number of nitrogens with zero attached hydrogens (tertiary/aromatic N) is 1. The van der Waals surface area contributed by atoms with Crippen LogP contribution in [0.4, 0.5) is 0 Å². The zero-order valence-electron chi connectivity index (χ0n) is 16.0. The van der Waals surface area contributed by atoms with E-state index in [4.69, 9.17) is 0 Å². The van der Waals surface area contributed by atoms with Gasteiger partial charge in [-0.2, -0.15) is 0 Å². The highest BCUT2D eigenvalue weighted by Gasteiger charge is 2.33. The van der Waals surface area contributed by atoms with Gasteiger partial charge in [-0.15, -0.1) is 0 Å². The predicted octanol–water partition coefficient (Wildman–Crippen LogP) is 3.47. The molecule has 1 aliphatic heterocycles. The van der Waals surface area contributed by atoms with Crippen molar-refractivity contribution in [2.24, 2.45) is 0 Å². The molecule has 3 aromatic carbocycles. The Morgan fingerprint density at radius 1 is 0.828 bits per heavy atom. The largest absolute Gasteiger partial charge is 0.351 e. The normalized spacial score (nSPS) is 13.0. The molecule has 144 valence electrons. The van der Waals surface area contributed by atoms with Crippen LogP contribution in [-0.4, -0.2) is 36.2 Å². The Morgan fingerprint density at radius 3 is 1.97 bits per heavy atom. The standard InChI is InChI=1S/C24H20N2O3/c1-26-23(28)19-13-12-18(14-20(19)24(26)29)22(27)25-15-21(16-8-4-2-5-9-16)17-10-6-3-7-11-17/h2-14,21H,15H2,1H3,(H,25,27). The summed E-state index contributed by atoms with van der Waals surface area (Å²) >= 11 is 0. The second kappa shape index (κ2) is 7.72. The fraction of sp³-hybridized carbons (Fsp3) is 0.125. The minimum atomic E-state index is -0.383. The van der Waals surface area contributed by atoms with E-state index in [1.54, 1.807) is 12.1 Å². The maximum absolute atomic E-state index is 12.8. The van der Waals surface area contributed by atoms with E-state index in [1.165, 1.54) is 13.1 Å². The SMILES string of the molecule is CN1C(=O)c2ccc(C(=O)NCC(c3ccccc3)c3ccccc3)cc2C1=O. The van der Waals surface area contributed by atoms with E-state index in [0.29, 0.717) is 17.7 Å². The summed E-state index contributed by atoms with van der Waals surface area (Å²) in [5.41, 5.74) is 3.18. The molecule has 0 saturated heterocycles. The number of hydrogen-bond donors (Lipinski definition) is 1. The van der Waals surface area contributed by atoms with Crippen molar-refractivity contribution in [1.82, 2.24) is 10.2 Å². The first-order chi connectivity index (χ1) is 14.1. The van der Waals surface area contributed by atoms with E-state index in [-0.39, 0.29) is 29.2 Å². The van der Waals surface area contributed by atoms with Crippen LogP contribution in [0.2, 0.25) is 0 Å². The smallest absolute Gasteiger partial charge is 0.261 e. The maximum atomic E-state index is 12.8. The van der Waals surface area contributed by atoms with Gasteiger partial charge in [-0.05, 0) is 29.3 Å². The van der Waals surface area contributed by atoms with Gasteiger partial charge in [0.25, 0.3) is 17.7 Å². The molecular formula is C24H20N2O3. The Morgan fingerprint density at radius 2 is 1.38 bits per heavy atom. The Hall–Kier alpha value is -3.73. The first-order valence-corrected chi connectivity index (χ1v) is 9.41. The average Bonchev–Trinajstić information content (AvgIpc) is 2.99. The highest BCUT2D eigenvalue weighted by Crippen LogP contribution is 2.25. The molecule has 0 bridgehead atoms. The fourth-order valence-electron chi connectivity index (χ4n) is 3.60. The number of benzene rings is 3. The molecule has 0 atom stereocenters. The van der Waals surface area contributed by atoms with E-state index in [1.807, 2.05) is 60.7 Å². The molecule has 0 aromatic heterocycles. The molecule has 0 radical (unpaired) electrons. The highest BCUT2D eigenvalue weighted by molar-refractivity contribution is 6.21. The van der Waals surface area contributed by atoms with Gasteiger partial charge in [0.15, 0.2) is 0 Å². The molecular weight excluding hydrogens is 364 g/mol. The summed E-state index contributed by atoms with van der Waals surface area (Å²) in [6.07, 6.45) is 0. The molecule has 5 nitrogen and oxygen atoms in total. The van der Waals surface area contributed by atoms with Crippen LogP contribution in [-0.2, 0) is 0 Å². The van der Waals surface area contributed by atoms with Crippen LogP contribution in [0, 0.1) is 0 Å². The summed E-state index contributed by atoms with van der Waals surface area (Å²) in [5, 5.41) is 2.98. The van der Waals surface area contributed by atoms with Crippen molar-refractivity contribution in [2.45, 2.75) is 5.92 Å². The highest BCUT2D eigenvalue weighted by atomic mass is 16.2. The molecule has 5 heteroatoms. The number of imide groups is 1. The van der Waals surface area contributed by atoms with Crippen LogP contribution >= 0.6 is 0 Å². The van der Waals surface area contributed by atoms with Crippen LogP contribution in [0.25, 0.3) is 0 Å². The lowest BCUT2D eigenvalue weighted by molar-refractivity contribution is 0.0693. The molecule has 3 aromatic rings. The van der Waals surface area contributed by atoms with Gasteiger partial charge in [-0.25, -0.2) is 0 Å². The minimum Gasteiger partial charge on any atom is -0.351 e. The van der Waals surface area contributed by atoms with Gasteiger partial charge in [0.1, 0.15) is 0 Å². The molecule has 0 fully saturated rings. The van der Waals surface area contributed by atoms with Crippen molar-refractivity contribution >= 4 is 17.7 Å². The lowest BCUT2D eigenvalue weighted by Crippen LogP contribution is -2.29. The third-order valence-electron chi connectivity index (χ3n) is 5.22. The van der Waals surface area contributed by atoms with Crippen molar-refractivity contribution in [2.75, 3.05) is 13.6 Å². The van der Waals surface area contributed by atoms with Gasteiger partial charge in [-0.1, -0.05) is 60.7 Å². The van der Waals surface area contributed by atoms with Crippen molar-refractivity contribution < 1.29 is 14.4 Å². The van der Waals surface area contributed by atoms with Gasteiger partial charge in [0.05, 0.1) is 11.1 Å². The zero-order valence-corrected chi connectivity index (χ0v) is 16.0. The topological polar surface area (TPSA) is 66.5 Å². The molecule has 0 aliphatic carbocycles. The average molecular weight is 384 g/mol. The molecule has 0 spiro atoms. The third-order valence-corrected chi connectivity index (χ3v) is 5.22. The number of rotatable bonds is 5. The first kappa shape index (κ1) is 18.6. The van der Waals surface area contributed by atoms with Crippen LogP contribution < -0.4 is 5.32 Å². The number of hydrogen-bond acceptors (Lipinski definition) is 3. The summed E-state index contributed by atoms with van der Waals surface area (Å²) in [4.78, 5) is 38.0. The fourth-order valence-corrected chi connectivity index (χ4v) is 3.60. The van der Waals surface area contributed by atoms with E-state index < -0.39 is 0 Å². The molecule has 3 amide bonds. The van der Waals surface area contributed by atoms with Crippen LogP contribution in [0.3, 0.4) is 0 Å². The number of amides is 3. The second-order valence-electron chi connectivity index (χ2n) is 7.01. The monoisotopic (exact) mass is 384 g/mol. The molecule has 29 heavy (non-hydrogen) atoms. The Kier molecular flexibility index (Phi) is 4.96. The molecule has 1 heterocycles. The number of carbonyl (C=O) groups excluding carboxylic acids is 3. The Labute approximate surface area is 169 Å². The summed E-state index contributed by atoms with van der Waals surface area (Å²) < 4.78 is 0. The Bertz CT molecular complexity index is 1040. The number of carbonyl (C=O) groups is 3. The number of fused-ring (bicyclic) bond motifs is 1. The molecule has 1 N–H and O–H groups in total. The predicted molar refractivity (Wildman–Crippen MR) is 110 cm³/mol. The summed E-state index contributed by atoms with van der Waals surface area (Å²) in [6, 6.07) is 24.6. The first-order valence-electron chi connectivity index (χ1n) is 9.41. The van der Waals surface area contributed by atoms with Gasteiger partial charge >= 0.3 is 0 Å². The molecule has 0 saturated carbocycles. The van der Waals surface area contributed by atoms with E-state index in [9.17, 15) is 14.4 Å². The minimum absolute atomic E-state index is 0.00474. The molecule has 1 aliphatic rings. The lowest BCUT2D eigenvalue weighted by atomic mass is 9.91. The summed E-state index contributed by atoms with van der Waals surface area (Å²) in [6.45, 7) is 0.413. The van der Waals surface area contributed by atoms with Gasteiger partial charge in [0, 0.05) is 25.1 Å². The van der Waals surface area contributed by atoms with Crippen LogP contribution in [0.5, 0.6) is 0 Å². The second-order valence-corrected chi connectivity index (χ2v) is 7.01. The van der Waals surface area contributed by atoms with Gasteiger partial charge < -0.3 is 5.32 Å². The van der Waals surface area contributed by atoms with Gasteiger partial charge in [-0.3, -0.25) is 19.3 Å². The third kappa shape index (κ3) is 3.55. The van der Waals surface area contributed by atoms with Crippen molar-refractivity contribution in [3.05, 3.63) is 107 Å². The van der Waals surface area contributed by atoms with Crippen LogP contribution in [0.1, 0.15) is 48.1 Å². The quantitative estimate of drug-likeness (QED) is 0.685. The van der Waals surface area contributed by atoms with Gasteiger partial charge in [0.2, 0.25) is 0 Å². The van der Waals surface area contributed by atoms with E-state index in [2.05, 4.69) is 5.32 Å². The summed E-state index contributed by atoms with van der Waals surface area (Å²) in [7, 11) is 1.44. The number of nitrogens with one attached hydrogen (secondary N) is 1. The van der Waals surface area contributed by atoms with Crippen molar-refractivity contribution in [3.63, 3.8) is 0 Å². The zero-order chi connectivity index (χ0) is 20.4.